The fourth-order valence-electron chi connectivity index (χ4n) is 3.29. The summed E-state index contributed by atoms with van der Waals surface area (Å²) >= 11 is 0. The molecule has 4 atom stereocenters. The molecule has 1 aliphatic rings. The lowest BCUT2D eigenvalue weighted by Gasteiger charge is -2.36. The molecule has 4 rings (SSSR count). The Balaban J connectivity index is 1.71. The number of rotatable bonds is 4. The monoisotopic (exact) mass is 430 g/mol. The molecule has 0 spiro atoms. The van der Waals surface area contributed by atoms with Crippen molar-refractivity contribution in [1.82, 2.24) is 0 Å². The maximum Gasteiger partial charge on any atom is 0.234 e. The van der Waals surface area contributed by atoms with Crippen molar-refractivity contribution in [3.63, 3.8) is 0 Å². The summed E-state index contributed by atoms with van der Waals surface area (Å²) in [5.74, 6) is -1.50. The van der Waals surface area contributed by atoms with Crippen LogP contribution in [0.15, 0.2) is 57.7 Å². The number of hydrogen-bond acceptors (Lipinski definition) is 10. The third kappa shape index (κ3) is 3.90. The van der Waals surface area contributed by atoms with Crippen molar-refractivity contribution in [3.05, 3.63) is 58.8 Å². The highest BCUT2D eigenvalue weighted by Crippen LogP contribution is 2.32. The molecule has 0 saturated carbocycles. The molecular weight excluding hydrogens is 412 g/mol. The van der Waals surface area contributed by atoms with Gasteiger partial charge in [0.1, 0.15) is 40.4 Å². The zero-order valence-corrected chi connectivity index (χ0v) is 15.8. The minimum absolute atomic E-state index is 0.0308. The molecule has 2 heterocycles. The van der Waals surface area contributed by atoms with Gasteiger partial charge in [0.05, 0.1) is 0 Å². The molecule has 0 bridgehead atoms. The van der Waals surface area contributed by atoms with E-state index in [1.165, 1.54) is 12.1 Å². The van der Waals surface area contributed by atoms with Gasteiger partial charge >= 0.3 is 0 Å². The van der Waals surface area contributed by atoms with Gasteiger partial charge in [0.25, 0.3) is 0 Å². The highest BCUT2D eigenvalue weighted by molar-refractivity contribution is 5.89. The average molecular weight is 430 g/mol. The summed E-state index contributed by atoms with van der Waals surface area (Å²) in [7, 11) is 0. The van der Waals surface area contributed by atoms with Gasteiger partial charge in [-0.1, -0.05) is 30.3 Å². The first kappa shape index (κ1) is 21.0. The third-order valence-electron chi connectivity index (χ3n) is 4.83. The van der Waals surface area contributed by atoms with E-state index < -0.39 is 47.9 Å². The number of ether oxygens (including phenoxy) is 2. The van der Waals surface area contributed by atoms with Crippen LogP contribution < -0.4 is 10.2 Å². The van der Waals surface area contributed by atoms with Gasteiger partial charge in [-0.15, -0.1) is 0 Å². The van der Waals surface area contributed by atoms with Crippen molar-refractivity contribution in [3.8, 4) is 22.8 Å². The predicted octanol–water partition coefficient (Wildman–Crippen LogP) is -0.129. The largest absolute Gasteiger partial charge is 0.507 e. The molecule has 5 N–H and O–H groups in total. The maximum atomic E-state index is 12.5. The van der Waals surface area contributed by atoms with E-state index in [2.05, 4.69) is 0 Å². The second-order valence-corrected chi connectivity index (χ2v) is 6.95. The Labute approximate surface area is 174 Å². The van der Waals surface area contributed by atoms with Gasteiger partial charge < -0.3 is 39.4 Å². The molecule has 0 aliphatic carbocycles. The average Bonchev–Trinajstić information content (AvgIpc) is 2.74. The number of Topliss-reactive ketones (excluding diaryl/α,β-unsaturated/α-hetero) is 1. The summed E-state index contributed by atoms with van der Waals surface area (Å²) in [5.41, 5.74) is 0.0920. The molecule has 0 unspecified atom stereocenters. The molecule has 31 heavy (non-hydrogen) atoms. The topological polar surface area (TPSA) is 167 Å². The minimum atomic E-state index is -2.21. The highest BCUT2D eigenvalue weighted by atomic mass is 16.7. The summed E-state index contributed by atoms with van der Waals surface area (Å²) in [4.78, 5) is 24.5. The molecule has 162 valence electrons. The SMILES string of the molecule is O=C1[C@@H](O)[C@H](Oc2cc(O)c3c(=O)cc(-c4ccccc4)oc3c2)O[C@H](C(O)O)[C@H]1O. The van der Waals surface area contributed by atoms with Crippen LogP contribution in [0.25, 0.3) is 22.3 Å². The molecular formula is C21H18O10. The molecule has 3 aromatic rings. The van der Waals surface area contributed by atoms with Crippen LogP contribution in [0.1, 0.15) is 0 Å². The Bertz CT molecular complexity index is 1170. The number of benzene rings is 2. The van der Waals surface area contributed by atoms with Crippen molar-refractivity contribution in [2.75, 3.05) is 0 Å². The van der Waals surface area contributed by atoms with E-state index in [1.54, 1.807) is 30.3 Å². The summed E-state index contributed by atoms with van der Waals surface area (Å²) in [6, 6.07) is 12.3. The normalized spacial score (nSPS) is 24.0. The van der Waals surface area contributed by atoms with Gasteiger partial charge in [-0.3, -0.25) is 9.59 Å². The molecule has 10 heteroatoms. The van der Waals surface area contributed by atoms with Crippen LogP contribution in [0.2, 0.25) is 0 Å². The predicted molar refractivity (Wildman–Crippen MR) is 104 cm³/mol. The standard InChI is InChI=1S/C21H18O10/c22-11-6-10(29-21-18(26)16(24)17(25)19(31-21)20(27)28)7-14-15(11)12(23)8-13(30-14)9-4-2-1-3-5-9/h1-8,17-22,25-28H/t17-,18+,19-,21+/m0/s1. The van der Waals surface area contributed by atoms with Gasteiger partial charge in [-0.2, -0.15) is 0 Å². The Hall–Kier alpha value is -3.28. The van der Waals surface area contributed by atoms with Crippen LogP contribution in [0.5, 0.6) is 11.5 Å². The zero-order valence-electron chi connectivity index (χ0n) is 15.8. The van der Waals surface area contributed by atoms with Crippen LogP contribution in [0, 0.1) is 0 Å². The van der Waals surface area contributed by atoms with Crippen molar-refractivity contribution in [2.24, 2.45) is 0 Å². The lowest BCUT2D eigenvalue weighted by molar-refractivity contribution is -0.267. The Morgan fingerprint density at radius 1 is 0.968 bits per heavy atom. The minimum Gasteiger partial charge on any atom is -0.507 e. The number of phenols is 1. The van der Waals surface area contributed by atoms with E-state index in [0.29, 0.717) is 5.56 Å². The van der Waals surface area contributed by atoms with Gasteiger partial charge in [-0.25, -0.2) is 0 Å². The lowest BCUT2D eigenvalue weighted by atomic mass is 10.0. The van der Waals surface area contributed by atoms with E-state index in [-0.39, 0.29) is 22.5 Å². The van der Waals surface area contributed by atoms with Gasteiger partial charge in [-0.05, 0) is 0 Å². The number of carbonyl (C=O) groups excluding carboxylic acids is 1. The molecule has 10 nitrogen and oxygen atoms in total. The first-order valence-corrected chi connectivity index (χ1v) is 9.20. The number of fused-ring (bicyclic) bond motifs is 1. The van der Waals surface area contributed by atoms with Crippen LogP contribution in [0.3, 0.4) is 0 Å². The zero-order chi connectivity index (χ0) is 22.3. The second kappa shape index (κ2) is 8.10. The second-order valence-electron chi connectivity index (χ2n) is 6.95. The Kier molecular flexibility index (Phi) is 5.48. The van der Waals surface area contributed by atoms with Crippen LogP contribution in [-0.4, -0.2) is 62.2 Å². The number of aliphatic hydroxyl groups excluding tert-OH is 3. The summed E-state index contributed by atoms with van der Waals surface area (Å²) in [6.45, 7) is 0. The van der Waals surface area contributed by atoms with E-state index in [9.17, 15) is 35.1 Å². The molecule has 1 aliphatic heterocycles. The van der Waals surface area contributed by atoms with E-state index >= 15 is 0 Å². The van der Waals surface area contributed by atoms with Crippen LogP contribution in [0.4, 0.5) is 0 Å². The van der Waals surface area contributed by atoms with Crippen molar-refractivity contribution in [2.45, 2.75) is 30.9 Å². The smallest absolute Gasteiger partial charge is 0.234 e. The quantitative estimate of drug-likeness (QED) is 0.352. The summed E-state index contributed by atoms with van der Waals surface area (Å²) in [6.07, 6.45) is -9.59. The molecule has 0 amide bonds. The van der Waals surface area contributed by atoms with Crippen LogP contribution in [-0.2, 0) is 9.53 Å². The van der Waals surface area contributed by atoms with Gasteiger partial charge in [0, 0.05) is 23.8 Å². The molecule has 1 fully saturated rings. The molecule has 1 aromatic heterocycles. The summed E-state index contributed by atoms with van der Waals surface area (Å²) in [5, 5.41) is 48.5. The molecule has 2 aromatic carbocycles. The number of aliphatic hydroxyl groups is 4. The lowest BCUT2D eigenvalue weighted by Crippen LogP contribution is -2.59. The first-order chi connectivity index (χ1) is 14.8. The fourth-order valence-corrected chi connectivity index (χ4v) is 3.29. The summed E-state index contributed by atoms with van der Waals surface area (Å²) < 4.78 is 16.2. The van der Waals surface area contributed by atoms with Crippen molar-refractivity contribution >= 4 is 16.8 Å². The fraction of sp³-hybridized carbons (Fsp3) is 0.238. The highest BCUT2D eigenvalue weighted by Gasteiger charge is 2.47. The van der Waals surface area contributed by atoms with E-state index in [1.807, 2.05) is 0 Å². The number of ketones is 1. The van der Waals surface area contributed by atoms with Gasteiger partial charge in [0.15, 0.2) is 23.6 Å². The number of hydrogen-bond donors (Lipinski definition) is 5. The maximum absolute atomic E-state index is 12.5. The molecule has 1 saturated heterocycles. The van der Waals surface area contributed by atoms with E-state index in [4.69, 9.17) is 13.9 Å². The van der Waals surface area contributed by atoms with Crippen molar-refractivity contribution in [1.29, 1.82) is 0 Å². The van der Waals surface area contributed by atoms with E-state index in [0.717, 1.165) is 6.07 Å². The Morgan fingerprint density at radius 2 is 1.68 bits per heavy atom. The number of phenolic OH excluding ortho intramolecular Hbond substituents is 1. The van der Waals surface area contributed by atoms with Crippen LogP contribution >= 0.6 is 0 Å². The van der Waals surface area contributed by atoms with Gasteiger partial charge in [0.2, 0.25) is 6.29 Å². The third-order valence-corrected chi connectivity index (χ3v) is 4.83. The Morgan fingerprint density at radius 3 is 2.35 bits per heavy atom. The molecule has 0 radical (unpaired) electrons. The first-order valence-electron chi connectivity index (χ1n) is 9.20. The number of carbonyl (C=O) groups is 1. The van der Waals surface area contributed by atoms with Crippen molar-refractivity contribution < 1.29 is 44.2 Å². The number of aromatic hydroxyl groups is 1.